The summed E-state index contributed by atoms with van der Waals surface area (Å²) in [6.07, 6.45) is 30.9. The summed E-state index contributed by atoms with van der Waals surface area (Å²) in [6.45, 7) is 9.28. The predicted octanol–water partition coefficient (Wildman–Crippen LogP) is 8.48. The third-order valence-electron chi connectivity index (χ3n) is 6.42. The fraction of sp³-hybridized carbons (Fsp3) is 0.923. The second-order valence-electron chi connectivity index (χ2n) is 8.94. The standard InChI is InChI=1S/C26H52N2/c1-4-7-9-10-11-12-13-14-15-16-17-18-19-21-23-28-25-24-27(6-3)26(28)22-20-8-5-2/h24-26H,4-23H2,1-3H3. The zero-order valence-electron chi connectivity index (χ0n) is 19.8. The molecule has 1 aliphatic heterocycles. The molecule has 0 N–H and O–H groups in total. The van der Waals surface area contributed by atoms with Crippen molar-refractivity contribution in [2.24, 2.45) is 0 Å². The Morgan fingerprint density at radius 2 is 0.929 bits per heavy atom. The third-order valence-corrected chi connectivity index (χ3v) is 6.42. The van der Waals surface area contributed by atoms with Crippen molar-refractivity contribution in [3.63, 3.8) is 0 Å². The molecule has 1 heterocycles. The van der Waals surface area contributed by atoms with Crippen LogP contribution in [0, 0.1) is 0 Å². The largest absolute Gasteiger partial charge is 0.356 e. The lowest BCUT2D eigenvalue weighted by Crippen LogP contribution is -2.38. The van der Waals surface area contributed by atoms with Crippen LogP contribution >= 0.6 is 0 Å². The van der Waals surface area contributed by atoms with Crippen molar-refractivity contribution in [1.29, 1.82) is 0 Å². The van der Waals surface area contributed by atoms with Gasteiger partial charge in [0.1, 0.15) is 6.17 Å². The molecule has 0 amide bonds. The van der Waals surface area contributed by atoms with Crippen LogP contribution in [0.1, 0.15) is 136 Å². The molecule has 1 atom stereocenters. The van der Waals surface area contributed by atoms with E-state index in [0.29, 0.717) is 6.17 Å². The lowest BCUT2D eigenvalue weighted by molar-refractivity contribution is 0.142. The zero-order chi connectivity index (χ0) is 20.3. The van der Waals surface area contributed by atoms with Crippen LogP contribution in [-0.2, 0) is 0 Å². The summed E-state index contributed by atoms with van der Waals surface area (Å²) in [6, 6.07) is 0. The minimum Gasteiger partial charge on any atom is -0.356 e. The molecule has 0 radical (unpaired) electrons. The highest BCUT2D eigenvalue weighted by atomic mass is 15.4. The van der Waals surface area contributed by atoms with Crippen molar-refractivity contribution < 1.29 is 0 Å². The molecule has 1 rings (SSSR count). The van der Waals surface area contributed by atoms with Gasteiger partial charge in [-0.2, -0.15) is 0 Å². The van der Waals surface area contributed by atoms with Crippen LogP contribution in [0.4, 0.5) is 0 Å². The molecule has 0 fully saturated rings. The molecule has 0 saturated heterocycles. The van der Waals surface area contributed by atoms with Crippen molar-refractivity contribution in [2.45, 2.75) is 143 Å². The molecular formula is C26H52N2. The number of unbranched alkanes of at least 4 members (excludes halogenated alkanes) is 15. The van der Waals surface area contributed by atoms with E-state index in [9.17, 15) is 0 Å². The predicted molar refractivity (Wildman–Crippen MR) is 126 cm³/mol. The molecule has 1 aliphatic rings. The van der Waals surface area contributed by atoms with E-state index in [0.717, 1.165) is 6.54 Å². The quantitative estimate of drug-likeness (QED) is 0.192. The van der Waals surface area contributed by atoms with Crippen LogP contribution in [0.2, 0.25) is 0 Å². The van der Waals surface area contributed by atoms with Crippen molar-refractivity contribution in [2.75, 3.05) is 13.1 Å². The van der Waals surface area contributed by atoms with Crippen LogP contribution < -0.4 is 0 Å². The minimum atomic E-state index is 0.638. The highest BCUT2D eigenvalue weighted by Crippen LogP contribution is 2.22. The fourth-order valence-corrected chi connectivity index (χ4v) is 4.50. The second kappa shape index (κ2) is 18.4. The van der Waals surface area contributed by atoms with Gasteiger partial charge in [0.2, 0.25) is 0 Å². The maximum absolute atomic E-state index is 2.61. The van der Waals surface area contributed by atoms with Crippen LogP contribution in [0.3, 0.4) is 0 Å². The summed E-state index contributed by atoms with van der Waals surface area (Å²) < 4.78 is 0. The van der Waals surface area contributed by atoms with Gasteiger partial charge >= 0.3 is 0 Å². The summed E-state index contributed by atoms with van der Waals surface area (Å²) in [5, 5.41) is 0. The van der Waals surface area contributed by atoms with Gasteiger partial charge < -0.3 is 9.80 Å². The first kappa shape index (κ1) is 25.4. The topological polar surface area (TPSA) is 6.48 Å². The van der Waals surface area contributed by atoms with E-state index in [1.807, 2.05) is 0 Å². The first-order chi connectivity index (χ1) is 13.8. The van der Waals surface area contributed by atoms with E-state index in [2.05, 4.69) is 43.0 Å². The summed E-state index contributed by atoms with van der Waals surface area (Å²) >= 11 is 0. The Balaban J connectivity index is 1.93. The van der Waals surface area contributed by atoms with Crippen LogP contribution in [-0.4, -0.2) is 29.1 Å². The van der Waals surface area contributed by atoms with Crippen LogP contribution in [0.25, 0.3) is 0 Å². The molecule has 1 unspecified atom stereocenters. The average molecular weight is 393 g/mol. The number of hydrogen-bond donors (Lipinski definition) is 0. The van der Waals surface area contributed by atoms with Gasteiger partial charge in [0.15, 0.2) is 0 Å². The van der Waals surface area contributed by atoms with Gasteiger partial charge in [0, 0.05) is 25.5 Å². The molecule has 166 valence electrons. The number of hydrogen-bond acceptors (Lipinski definition) is 2. The molecule has 2 heteroatoms. The molecule has 0 aliphatic carbocycles. The van der Waals surface area contributed by atoms with E-state index in [4.69, 9.17) is 0 Å². The van der Waals surface area contributed by atoms with Gasteiger partial charge in [-0.15, -0.1) is 0 Å². The van der Waals surface area contributed by atoms with E-state index >= 15 is 0 Å². The highest BCUT2D eigenvalue weighted by Gasteiger charge is 2.23. The minimum absolute atomic E-state index is 0.638. The van der Waals surface area contributed by atoms with Crippen molar-refractivity contribution >= 4 is 0 Å². The molecule has 0 spiro atoms. The fourth-order valence-electron chi connectivity index (χ4n) is 4.50. The Bertz CT molecular complexity index is 352. The monoisotopic (exact) mass is 392 g/mol. The molecule has 0 aromatic carbocycles. The van der Waals surface area contributed by atoms with Crippen molar-refractivity contribution in [1.82, 2.24) is 9.80 Å². The summed E-state index contributed by atoms with van der Waals surface area (Å²) in [7, 11) is 0. The van der Waals surface area contributed by atoms with Crippen LogP contribution in [0.15, 0.2) is 12.4 Å². The average Bonchev–Trinajstić information content (AvgIpc) is 3.10. The van der Waals surface area contributed by atoms with Gasteiger partial charge in [-0.25, -0.2) is 0 Å². The maximum atomic E-state index is 2.61. The molecule has 0 aromatic heterocycles. The number of nitrogens with zero attached hydrogens (tertiary/aromatic N) is 2. The summed E-state index contributed by atoms with van der Waals surface area (Å²) in [5.74, 6) is 0. The number of rotatable bonds is 20. The lowest BCUT2D eigenvalue weighted by atomic mass is 10.0. The van der Waals surface area contributed by atoms with Gasteiger partial charge in [-0.05, 0) is 26.2 Å². The van der Waals surface area contributed by atoms with E-state index in [1.165, 1.54) is 122 Å². The smallest absolute Gasteiger partial charge is 0.101 e. The second-order valence-corrected chi connectivity index (χ2v) is 8.94. The molecule has 28 heavy (non-hydrogen) atoms. The lowest BCUT2D eigenvalue weighted by Gasteiger charge is -2.32. The van der Waals surface area contributed by atoms with E-state index < -0.39 is 0 Å². The van der Waals surface area contributed by atoms with Gasteiger partial charge in [-0.3, -0.25) is 0 Å². The Morgan fingerprint density at radius 3 is 1.43 bits per heavy atom. The Kier molecular flexibility index (Phi) is 16.7. The molecule has 2 nitrogen and oxygen atoms in total. The van der Waals surface area contributed by atoms with E-state index in [-0.39, 0.29) is 0 Å². The molecule has 0 aromatic rings. The Labute approximate surface area is 178 Å². The summed E-state index contributed by atoms with van der Waals surface area (Å²) in [4.78, 5) is 5.14. The first-order valence-corrected chi connectivity index (χ1v) is 13.0. The zero-order valence-corrected chi connectivity index (χ0v) is 19.8. The normalized spacial score (nSPS) is 16.5. The maximum Gasteiger partial charge on any atom is 0.101 e. The third kappa shape index (κ3) is 12.0. The SMILES string of the molecule is CCCCCCCCCCCCCCCCN1C=CN(CC)C1CCCCC. The van der Waals surface area contributed by atoms with E-state index in [1.54, 1.807) is 0 Å². The summed E-state index contributed by atoms with van der Waals surface area (Å²) in [5.41, 5.74) is 0. The highest BCUT2D eigenvalue weighted by molar-refractivity contribution is 4.96. The Morgan fingerprint density at radius 1 is 0.500 bits per heavy atom. The molecule has 0 bridgehead atoms. The van der Waals surface area contributed by atoms with Crippen LogP contribution in [0.5, 0.6) is 0 Å². The molecule has 0 saturated carbocycles. The van der Waals surface area contributed by atoms with Gasteiger partial charge in [-0.1, -0.05) is 110 Å². The Hall–Kier alpha value is -0.660. The van der Waals surface area contributed by atoms with Crippen molar-refractivity contribution in [3.05, 3.63) is 12.4 Å². The van der Waals surface area contributed by atoms with Gasteiger partial charge in [0.05, 0.1) is 0 Å². The molecular weight excluding hydrogens is 340 g/mol. The van der Waals surface area contributed by atoms with Crippen molar-refractivity contribution in [3.8, 4) is 0 Å². The first-order valence-electron chi connectivity index (χ1n) is 13.0. The van der Waals surface area contributed by atoms with Gasteiger partial charge in [0.25, 0.3) is 0 Å².